The van der Waals surface area contributed by atoms with Crippen LogP contribution in [0.3, 0.4) is 0 Å². The Bertz CT molecular complexity index is 390. The number of aliphatic hydroxyl groups excluding tert-OH is 1. The third kappa shape index (κ3) is 5.48. The van der Waals surface area contributed by atoms with Crippen LogP contribution in [0.5, 0.6) is 11.5 Å². The van der Waals surface area contributed by atoms with Gasteiger partial charge in [0, 0.05) is 0 Å². The molecule has 0 aliphatic heterocycles. The molecule has 2 unspecified atom stereocenters. The van der Waals surface area contributed by atoms with Crippen molar-refractivity contribution in [1.29, 1.82) is 0 Å². The van der Waals surface area contributed by atoms with Gasteiger partial charge in [-0.15, -0.1) is 0 Å². The van der Waals surface area contributed by atoms with E-state index in [1.807, 2.05) is 6.92 Å². The van der Waals surface area contributed by atoms with Crippen LogP contribution < -0.4 is 15.4 Å². The molecule has 1 rings (SSSR count). The molecular weight excluding hydrogens is 248 g/mol. The van der Waals surface area contributed by atoms with Gasteiger partial charge in [-0.25, -0.2) is 4.79 Å². The summed E-state index contributed by atoms with van der Waals surface area (Å²) in [6, 6.07) is 5.55. The number of phenolic OH excluding ortho intramolecular Hbond substituents is 1. The van der Waals surface area contributed by atoms with Gasteiger partial charge in [-0.1, -0.05) is 6.92 Å². The number of hydrogen-bond acceptors (Lipinski definition) is 4. The minimum Gasteiger partial charge on any atom is -0.508 e. The summed E-state index contributed by atoms with van der Waals surface area (Å²) >= 11 is 0. The number of rotatable bonds is 6. The fourth-order valence-electron chi connectivity index (χ4n) is 1.45. The van der Waals surface area contributed by atoms with E-state index in [-0.39, 0.29) is 18.4 Å². The summed E-state index contributed by atoms with van der Waals surface area (Å²) in [5.41, 5.74) is 0. The Balaban J connectivity index is 2.40. The number of nitrogens with one attached hydrogen (secondary N) is 2. The first kappa shape index (κ1) is 15.1. The monoisotopic (exact) mass is 268 g/mol. The number of phenols is 1. The van der Waals surface area contributed by atoms with Gasteiger partial charge in [0.25, 0.3) is 0 Å². The zero-order valence-electron chi connectivity index (χ0n) is 11.1. The second-order valence-electron chi connectivity index (χ2n) is 4.16. The molecule has 0 fully saturated rings. The van der Waals surface area contributed by atoms with Gasteiger partial charge in [0.05, 0.1) is 12.6 Å². The van der Waals surface area contributed by atoms with Gasteiger partial charge in [0.1, 0.15) is 11.5 Å². The van der Waals surface area contributed by atoms with E-state index >= 15 is 0 Å². The molecule has 0 aliphatic carbocycles. The molecule has 0 saturated heterocycles. The van der Waals surface area contributed by atoms with Crippen LogP contribution in [0.15, 0.2) is 24.3 Å². The van der Waals surface area contributed by atoms with Crippen LogP contribution in [-0.4, -0.2) is 35.1 Å². The molecule has 2 amide bonds. The van der Waals surface area contributed by atoms with Gasteiger partial charge in [0.15, 0.2) is 6.23 Å². The van der Waals surface area contributed by atoms with Gasteiger partial charge in [-0.05, 0) is 37.6 Å². The number of ether oxygens (including phenoxy) is 1. The first-order chi connectivity index (χ1) is 9.05. The zero-order chi connectivity index (χ0) is 14.3. The number of carbonyl (C=O) groups excluding carboxylic acids is 1. The highest BCUT2D eigenvalue weighted by Gasteiger charge is 2.12. The van der Waals surface area contributed by atoms with Crippen molar-refractivity contribution in [2.24, 2.45) is 0 Å². The Labute approximate surface area is 112 Å². The molecule has 0 bridgehead atoms. The van der Waals surface area contributed by atoms with E-state index in [0.717, 1.165) is 0 Å². The van der Waals surface area contributed by atoms with Gasteiger partial charge < -0.3 is 25.6 Å². The maximum absolute atomic E-state index is 11.6. The fourth-order valence-corrected chi connectivity index (χ4v) is 1.45. The van der Waals surface area contributed by atoms with Gasteiger partial charge >= 0.3 is 6.03 Å². The molecule has 1 aromatic rings. The maximum atomic E-state index is 11.6. The van der Waals surface area contributed by atoms with Gasteiger partial charge in [-0.3, -0.25) is 0 Å². The molecule has 2 atom stereocenters. The fraction of sp³-hybridized carbons (Fsp3) is 0.462. The molecule has 1 aromatic carbocycles. The van der Waals surface area contributed by atoms with Crippen LogP contribution in [0.4, 0.5) is 4.79 Å². The van der Waals surface area contributed by atoms with Crippen molar-refractivity contribution in [3.05, 3.63) is 24.3 Å². The minimum absolute atomic E-state index is 0.100. The minimum atomic E-state index is -0.527. The Hall–Kier alpha value is -1.95. The van der Waals surface area contributed by atoms with Crippen molar-refractivity contribution in [2.45, 2.75) is 32.5 Å². The number of hydrogen-bond donors (Lipinski definition) is 4. The van der Waals surface area contributed by atoms with Crippen LogP contribution >= 0.6 is 0 Å². The Morgan fingerprint density at radius 2 is 1.95 bits per heavy atom. The van der Waals surface area contributed by atoms with E-state index in [0.29, 0.717) is 12.2 Å². The molecule has 0 heterocycles. The second-order valence-corrected chi connectivity index (χ2v) is 4.16. The molecule has 6 heteroatoms. The molecule has 0 saturated carbocycles. The highest BCUT2D eigenvalue weighted by molar-refractivity contribution is 5.74. The lowest BCUT2D eigenvalue weighted by molar-refractivity contribution is 0.169. The molecule has 19 heavy (non-hydrogen) atoms. The largest absolute Gasteiger partial charge is 0.508 e. The first-order valence-electron chi connectivity index (χ1n) is 6.18. The Morgan fingerprint density at radius 1 is 1.32 bits per heavy atom. The van der Waals surface area contributed by atoms with Crippen molar-refractivity contribution in [3.8, 4) is 11.5 Å². The van der Waals surface area contributed by atoms with Crippen LogP contribution in [0.25, 0.3) is 0 Å². The van der Waals surface area contributed by atoms with Gasteiger partial charge in [-0.2, -0.15) is 0 Å². The molecule has 0 spiro atoms. The number of carbonyl (C=O) groups is 1. The van der Waals surface area contributed by atoms with Crippen LogP contribution in [0.1, 0.15) is 20.3 Å². The lowest BCUT2D eigenvalue weighted by Crippen LogP contribution is -2.48. The van der Waals surface area contributed by atoms with Crippen molar-refractivity contribution in [1.82, 2.24) is 10.6 Å². The molecule has 0 radical (unpaired) electrons. The quantitative estimate of drug-likeness (QED) is 0.583. The predicted octanol–water partition coefficient (Wildman–Crippen LogP) is 1.19. The molecule has 6 nitrogen and oxygen atoms in total. The first-order valence-corrected chi connectivity index (χ1v) is 6.18. The average molecular weight is 268 g/mol. The summed E-state index contributed by atoms with van der Waals surface area (Å²) in [7, 11) is 0. The summed E-state index contributed by atoms with van der Waals surface area (Å²) in [6.07, 6.45) is 0.123. The second kappa shape index (κ2) is 7.48. The number of benzene rings is 1. The normalized spacial score (nSPS) is 13.4. The highest BCUT2D eigenvalue weighted by Crippen LogP contribution is 2.16. The van der Waals surface area contributed by atoms with E-state index in [4.69, 9.17) is 14.9 Å². The van der Waals surface area contributed by atoms with E-state index in [1.54, 1.807) is 19.1 Å². The lowest BCUT2D eigenvalue weighted by Gasteiger charge is -2.19. The van der Waals surface area contributed by atoms with Crippen LogP contribution in [0.2, 0.25) is 0 Å². The SMILES string of the molecule is CCC(CO)NC(=O)NC(C)Oc1ccc(O)cc1. The summed E-state index contributed by atoms with van der Waals surface area (Å²) in [5.74, 6) is 0.694. The topological polar surface area (TPSA) is 90.8 Å². The number of aromatic hydroxyl groups is 1. The molecule has 4 N–H and O–H groups in total. The number of aliphatic hydroxyl groups is 1. The lowest BCUT2D eigenvalue weighted by atomic mass is 10.2. The van der Waals surface area contributed by atoms with Crippen molar-refractivity contribution in [3.63, 3.8) is 0 Å². The zero-order valence-corrected chi connectivity index (χ0v) is 11.1. The van der Waals surface area contributed by atoms with E-state index in [9.17, 15) is 4.79 Å². The maximum Gasteiger partial charge on any atom is 0.317 e. The standard InChI is InChI=1S/C13H20N2O4/c1-3-10(8-16)15-13(18)14-9(2)19-12-6-4-11(17)5-7-12/h4-7,9-10,16-17H,3,8H2,1-2H3,(H2,14,15,18). The predicted molar refractivity (Wildman–Crippen MR) is 71.0 cm³/mol. The third-order valence-corrected chi connectivity index (χ3v) is 2.53. The molecule has 0 aromatic heterocycles. The average Bonchev–Trinajstić information content (AvgIpc) is 2.38. The molecular formula is C13H20N2O4. The Morgan fingerprint density at radius 3 is 2.47 bits per heavy atom. The summed E-state index contributed by atoms with van der Waals surface area (Å²) in [6.45, 7) is 3.46. The smallest absolute Gasteiger partial charge is 0.317 e. The van der Waals surface area contributed by atoms with Crippen molar-refractivity contribution in [2.75, 3.05) is 6.61 Å². The number of amides is 2. The molecule has 106 valence electrons. The van der Waals surface area contributed by atoms with E-state index in [2.05, 4.69) is 10.6 Å². The highest BCUT2D eigenvalue weighted by atomic mass is 16.5. The Kier molecular flexibility index (Phi) is 5.95. The van der Waals surface area contributed by atoms with Crippen molar-refractivity contribution >= 4 is 6.03 Å². The van der Waals surface area contributed by atoms with E-state index in [1.165, 1.54) is 12.1 Å². The molecule has 0 aliphatic rings. The third-order valence-electron chi connectivity index (χ3n) is 2.53. The summed E-state index contributed by atoms with van der Waals surface area (Å²) < 4.78 is 5.44. The van der Waals surface area contributed by atoms with E-state index < -0.39 is 12.3 Å². The summed E-state index contributed by atoms with van der Waals surface area (Å²) in [5, 5.41) is 23.3. The summed E-state index contributed by atoms with van der Waals surface area (Å²) in [4.78, 5) is 11.6. The van der Waals surface area contributed by atoms with Crippen molar-refractivity contribution < 1.29 is 19.7 Å². The number of urea groups is 1. The van der Waals surface area contributed by atoms with Crippen LogP contribution in [-0.2, 0) is 0 Å². The van der Waals surface area contributed by atoms with Crippen LogP contribution in [0, 0.1) is 0 Å². The van der Waals surface area contributed by atoms with Gasteiger partial charge in [0.2, 0.25) is 0 Å².